The van der Waals surface area contributed by atoms with Gasteiger partial charge in [0.05, 0.1) is 0 Å². The van der Waals surface area contributed by atoms with Crippen LogP contribution in [0.15, 0.2) is 30.3 Å². The highest BCUT2D eigenvalue weighted by atomic mass is 35.5. The predicted molar refractivity (Wildman–Crippen MR) is 105 cm³/mol. The van der Waals surface area contributed by atoms with Crippen molar-refractivity contribution in [3.8, 4) is 0 Å². The zero-order valence-corrected chi connectivity index (χ0v) is 16.2. The van der Waals surface area contributed by atoms with Crippen LogP contribution in [0.5, 0.6) is 0 Å². The van der Waals surface area contributed by atoms with Crippen molar-refractivity contribution < 1.29 is 4.79 Å². The molecule has 0 radical (unpaired) electrons. The molecule has 0 N–H and O–H groups in total. The van der Waals surface area contributed by atoms with Crippen LogP contribution in [0.4, 0.5) is 0 Å². The van der Waals surface area contributed by atoms with Crippen molar-refractivity contribution in [3.63, 3.8) is 0 Å². The average Bonchev–Trinajstić information content (AvgIpc) is 2.86. The molecule has 2 nitrogen and oxygen atoms in total. The van der Waals surface area contributed by atoms with Crippen molar-refractivity contribution in [3.05, 3.63) is 35.9 Å². The fourth-order valence-corrected chi connectivity index (χ4v) is 3.83. The number of carbonyl (C=O) groups is 1. The van der Waals surface area contributed by atoms with Crippen molar-refractivity contribution >= 4 is 18.3 Å². The molecule has 1 aliphatic rings. The molecule has 136 valence electrons. The molecule has 0 bridgehead atoms. The van der Waals surface area contributed by atoms with E-state index in [0.29, 0.717) is 11.8 Å². The lowest BCUT2D eigenvalue weighted by molar-refractivity contribution is -0.130. The summed E-state index contributed by atoms with van der Waals surface area (Å²) in [6, 6.07) is 10.6. The molecule has 0 aliphatic carbocycles. The van der Waals surface area contributed by atoms with E-state index in [2.05, 4.69) is 37.3 Å². The number of hydrogen-bond acceptors (Lipinski definition) is 1. The van der Waals surface area contributed by atoms with Crippen molar-refractivity contribution in [2.75, 3.05) is 13.6 Å². The van der Waals surface area contributed by atoms with E-state index in [9.17, 15) is 4.79 Å². The summed E-state index contributed by atoms with van der Waals surface area (Å²) in [5.41, 5.74) is 1.33. The lowest BCUT2D eigenvalue weighted by Gasteiger charge is -2.17. The van der Waals surface area contributed by atoms with E-state index < -0.39 is 0 Å². The van der Waals surface area contributed by atoms with Crippen LogP contribution in [-0.4, -0.2) is 24.4 Å². The van der Waals surface area contributed by atoms with E-state index in [1.807, 2.05) is 11.9 Å². The summed E-state index contributed by atoms with van der Waals surface area (Å²) in [5.74, 6) is 0.933. The predicted octanol–water partition coefficient (Wildman–Crippen LogP) is 5.81. The van der Waals surface area contributed by atoms with Crippen LogP contribution in [0.3, 0.4) is 0 Å². The number of hydrogen-bond donors (Lipinski definition) is 0. The van der Waals surface area contributed by atoms with Crippen LogP contribution in [0.2, 0.25) is 0 Å². The molecule has 1 fully saturated rings. The molecule has 3 heteroatoms. The van der Waals surface area contributed by atoms with Crippen LogP contribution in [0.25, 0.3) is 0 Å². The number of halogens is 1. The Morgan fingerprint density at radius 2 is 1.54 bits per heavy atom. The molecule has 1 aliphatic heterocycles. The molecule has 1 amide bonds. The number of carbonyl (C=O) groups excluding carboxylic acids is 1. The summed E-state index contributed by atoms with van der Waals surface area (Å²) in [6.07, 6.45) is 11.7. The van der Waals surface area contributed by atoms with Gasteiger partial charge in [-0.05, 0) is 12.0 Å². The minimum Gasteiger partial charge on any atom is -0.345 e. The first-order chi connectivity index (χ1) is 11.2. The maximum Gasteiger partial charge on any atom is 0.226 e. The van der Waals surface area contributed by atoms with E-state index in [4.69, 9.17) is 0 Å². The Bertz CT molecular complexity index is 462. The normalized spacial score (nSPS) is 20.2. The summed E-state index contributed by atoms with van der Waals surface area (Å²) in [4.78, 5) is 14.4. The van der Waals surface area contributed by atoms with Gasteiger partial charge >= 0.3 is 0 Å². The Morgan fingerprint density at radius 1 is 0.958 bits per heavy atom. The first-order valence-electron chi connectivity index (χ1n) is 9.54. The Kier molecular flexibility index (Phi) is 10.1. The number of likely N-dealkylation sites (tertiary alicyclic amines) is 1. The standard InChI is InChI=1S/C21H33NO.ClH/c1-3-4-5-6-7-8-9-13-16-19-20(17-22(2)21(19)23)18-14-11-10-12-15-18;/h10-12,14-15,19-20H,3-9,13,16-17H2,1-2H3;1H. The molecule has 1 saturated heterocycles. The zero-order chi connectivity index (χ0) is 16.5. The second kappa shape index (κ2) is 11.5. The van der Waals surface area contributed by atoms with Crippen molar-refractivity contribution in [1.82, 2.24) is 4.90 Å². The summed E-state index contributed by atoms with van der Waals surface area (Å²) in [5, 5.41) is 0. The Labute approximate surface area is 154 Å². The number of benzene rings is 1. The molecule has 2 unspecified atom stereocenters. The molecule has 1 heterocycles. The number of unbranched alkanes of at least 4 members (excludes halogenated alkanes) is 7. The van der Waals surface area contributed by atoms with Gasteiger partial charge in [-0.2, -0.15) is 0 Å². The van der Waals surface area contributed by atoms with Crippen molar-refractivity contribution in [2.24, 2.45) is 5.92 Å². The summed E-state index contributed by atoms with van der Waals surface area (Å²) in [7, 11) is 1.95. The van der Waals surface area contributed by atoms with Gasteiger partial charge in [0, 0.05) is 25.4 Å². The molecule has 1 aromatic rings. The molecule has 0 saturated carbocycles. The summed E-state index contributed by atoms with van der Waals surface area (Å²) < 4.78 is 0. The van der Waals surface area contributed by atoms with Crippen LogP contribution in [0, 0.1) is 5.92 Å². The van der Waals surface area contributed by atoms with Crippen LogP contribution in [-0.2, 0) is 4.79 Å². The van der Waals surface area contributed by atoms with Crippen molar-refractivity contribution in [1.29, 1.82) is 0 Å². The Morgan fingerprint density at radius 3 is 2.17 bits per heavy atom. The highest BCUT2D eigenvalue weighted by Crippen LogP contribution is 2.36. The molecular weight excluding hydrogens is 318 g/mol. The maximum atomic E-state index is 12.5. The summed E-state index contributed by atoms with van der Waals surface area (Å²) >= 11 is 0. The SMILES string of the molecule is CCCCCCCCCCC1C(=O)N(C)CC1c1ccccc1.Cl. The van der Waals surface area contributed by atoms with E-state index in [-0.39, 0.29) is 18.3 Å². The maximum absolute atomic E-state index is 12.5. The van der Waals surface area contributed by atoms with Gasteiger partial charge in [0.15, 0.2) is 0 Å². The molecule has 2 rings (SSSR count). The number of amides is 1. The van der Waals surface area contributed by atoms with Crippen LogP contribution in [0.1, 0.15) is 76.2 Å². The molecule has 2 atom stereocenters. The minimum atomic E-state index is 0. The topological polar surface area (TPSA) is 20.3 Å². The molecule has 24 heavy (non-hydrogen) atoms. The van der Waals surface area contributed by atoms with Gasteiger partial charge in [-0.15, -0.1) is 12.4 Å². The Balaban J connectivity index is 0.00000288. The van der Waals surface area contributed by atoms with E-state index in [1.54, 1.807) is 0 Å². The van der Waals surface area contributed by atoms with Gasteiger partial charge in [-0.25, -0.2) is 0 Å². The first kappa shape index (κ1) is 21.0. The number of likely N-dealkylation sites (N-methyl/N-ethyl adjacent to an activating group) is 1. The van der Waals surface area contributed by atoms with Crippen LogP contribution < -0.4 is 0 Å². The van der Waals surface area contributed by atoms with Gasteiger partial charge in [0.25, 0.3) is 0 Å². The highest BCUT2D eigenvalue weighted by Gasteiger charge is 2.38. The van der Waals surface area contributed by atoms with Gasteiger partial charge in [0.2, 0.25) is 5.91 Å². The third kappa shape index (κ3) is 6.12. The highest BCUT2D eigenvalue weighted by molar-refractivity contribution is 5.85. The second-order valence-corrected chi connectivity index (χ2v) is 7.11. The third-order valence-corrected chi connectivity index (χ3v) is 5.25. The minimum absolute atomic E-state index is 0. The van der Waals surface area contributed by atoms with E-state index in [0.717, 1.165) is 13.0 Å². The molecule has 0 spiro atoms. The number of rotatable bonds is 10. The van der Waals surface area contributed by atoms with E-state index in [1.165, 1.54) is 56.9 Å². The average molecular weight is 352 g/mol. The van der Waals surface area contributed by atoms with Gasteiger partial charge in [0.1, 0.15) is 0 Å². The van der Waals surface area contributed by atoms with E-state index >= 15 is 0 Å². The summed E-state index contributed by atoms with van der Waals surface area (Å²) in [6.45, 7) is 3.14. The fourth-order valence-electron chi connectivity index (χ4n) is 3.83. The lowest BCUT2D eigenvalue weighted by Crippen LogP contribution is -2.22. The largest absolute Gasteiger partial charge is 0.345 e. The van der Waals surface area contributed by atoms with Gasteiger partial charge in [-0.3, -0.25) is 4.79 Å². The smallest absolute Gasteiger partial charge is 0.226 e. The van der Waals surface area contributed by atoms with Gasteiger partial charge < -0.3 is 4.90 Å². The van der Waals surface area contributed by atoms with Crippen LogP contribution >= 0.6 is 12.4 Å². The second-order valence-electron chi connectivity index (χ2n) is 7.11. The molecular formula is C21H34ClNO. The quantitative estimate of drug-likeness (QED) is 0.487. The zero-order valence-electron chi connectivity index (χ0n) is 15.4. The number of nitrogens with zero attached hydrogens (tertiary/aromatic N) is 1. The first-order valence-corrected chi connectivity index (χ1v) is 9.54. The van der Waals surface area contributed by atoms with Crippen molar-refractivity contribution in [2.45, 2.75) is 70.6 Å². The monoisotopic (exact) mass is 351 g/mol. The molecule has 1 aromatic carbocycles. The fraction of sp³-hybridized carbons (Fsp3) is 0.667. The van der Waals surface area contributed by atoms with Gasteiger partial charge in [-0.1, -0.05) is 88.6 Å². The Hall–Kier alpha value is -1.02. The lowest BCUT2D eigenvalue weighted by atomic mass is 9.85. The third-order valence-electron chi connectivity index (χ3n) is 5.25. The molecule has 0 aromatic heterocycles.